The molecule has 0 heterocycles. The molecule has 1 amide bonds. The van der Waals surface area contributed by atoms with Crippen LogP contribution in [-0.2, 0) is 0 Å². The number of amides is 1. The molecule has 0 radical (unpaired) electrons. The van der Waals surface area contributed by atoms with Gasteiger partial charge in [-0.15, -0.1) is 0 Å². The number of hydrogen-bond acceptors (Lipinski definition) is 4. The van der Waals surface area contributed by atoms with Gasteiger partial charge in [0.05, 0.1) is 17.6 Å². The van der Waals surface area contributed by atoms with E-state index in [0.717, 1.165) is 0 Å². The maximum atomic E-state index is 12.5. The highest BCUT2D eigenvalue weighted by Gasteiger charge is 2.18. The monoisotopic (exact) mass is 286 g/mol. The number of ether oxygens (including phenoxy) is 1. The quantitative estimate of drug-likeness (QED) is 0.640. The molecule has 0 aliphatic rings. The van der Waals surface area contributed by atoms with Gasteiger partial charge in [-0.2, -0.15) is 0 Å². The molecule has 21 heavy (non-hydrogen) atoms. The van der Waals surface area contributed by atoms with Crippen LogP contribution in [0.3, 0.4) is 0 Å². The number of carbonyl (C=O) groups excluding carboxylic acids is 1. The van der Waals surface area contributed by atoms with Crippen LogP contribution in [0.2, 0.25) is 0 Å². The average molecular weight is 286 g/mol. The molecule has 2 rings (SSSR count). The lowest BCUT2D eigenvalue weighted by molar-refractivity contribution is -0.384. The number of anilines is 1. The molecule has 0 fully saturated rings. The van der Waals surface area contributed by atoms with Crippen LogP contribution in [0.15, 0.2) is 48.5 Å². The maximum Gasteiger partial charge on any atom is 0.269 e. The number of carbonyl (C=O) groups is 1. The van der Waals surface area contributed by atoms with Gasteiger partial charge in [0.15, 0.2) is 0 Å². The second kappa shape index (κ2) is 6.04. The predicted octanol–water partition coefficient (Wildman–Crippen LogP) is 2.88. The van der Waals surface area contributed by atoms with E-state index in [0.29, 0.717) is 17.0 Å². The van der Waals surface area contributed by atoms with Crippen molar-refractivity contribution in [2.45, 2.75) is 0 Å². The van der Waals surface area contributed by atoms with Crippen molar-refractivity contribution >= 4 is 17.3 Å². The van der Waals surface area contributed by atoms with Gasteiger partial charge in [0, 0.05) is 24.9 Å². The van der Waals surface area contributed by atoms with Crippen molar-refractivity contribution < 1.29 is 14.5 Å². The van der Waals surface area contributed by atoms with Crippen LogP contribution in [0.25, 0.3) is 0 Å². The molecule has 0 atom stereocenters. The first-order valence-electron chi connectivity index (χ1n) is 6.20. The van der Waals surface area contributed by atoms with Crippen molar-refractivity contribution in [2.24, 2.45) is 0 Å². The average Bonchev–Trinajstić information content (AvgIpc) is 2.53. The minimum absolute atomic E-state index is 0.0168. The molecule has 0 aliphatic carbocycles. The normalized spacial score (nSPS) is 10.0. The van der Waals surface area contributed by atoms with Crippen molar-refractivity contribution in [1.82, 2.24) is 0 Å². The summed E-state index contributed by atoms with van der Waals surface area (Å²) in [4.78, 5) is 24.0. The standard InChI is InChI=1S/C15H14N2O4/c1-16(11-7-9-12(10-8-11)17(19)20)15(18)13-5-3-4-6-14(13)21-2/h3-10H,1-2H3. The van der Waals surface area contributed by atoms with E-state index in [9.17, 15) is 14.9 Å². The van der Waals surface area contributed by atoms with E-state index in [1.807, 2.05) is 0 Å². The minimum Gasteiger partial charge on any atom is -0.496 e. The van der Waals surface area contributed by atoms with Crippen LogP contribution in [0, 0.1) is 10.1 Å². The molecule has 0 bridgehead atoms. The molecule has 0 spiro atoms. The zero-order valence-corrected chi connectivity index (χ0v) is 11.6. The Kier molecular flexibility index (Phi) is 4.18. The van der Waals surface area contributed by atoms with Gasteiger partial charge in [0.25, 0.3) is 11.6 Å². The number of benzene rings is 2. The second-order valence-corrected chi connectivity index (χ2v) is 4.34. The first-order valence-corrected chi connectivity index (χ1v) is 6.20. The Morgan fingerprint density at radius 1 is 1.14 bits per heavy atom. The van der Waals surface area contributed by atoms with Crippen molar-refractivity contribution in [3.05, 3.63) is 64.2 Å². The number of hydrogen-bond donors (Lipinski definition) is 0. The molecule has 0 aliphatic heterocycles. The summed E-state index contributed by atoms with van der Waals surface area (Å²) >= 11 is 0. The van der Waals surface area contributed by atoms with Gasteiger partial charge in [0.2, 0.25) is 0 Å². The summed E-state index contributed by atoms with van der Waals surface area (Å²) in [5.74, 6) is 0.234. The Morgan fingerprint density at radius 2 is 1.76 bits per heavy atom. The van der Waals surface area contributed by atoms with Crippen molar-refractivity contribution in [2.75, 3.05) is 19.1 Å². The van der Waals surface area contributed by atoms with Crippen LogP contribution >= 0.6 is 0 Å². The van der Waals surface area contributed by atoms with Crippen LogP contribution in [0.5, 0.6) is 5.75 Å². The number of rotatable bonds is 4. The molecule has 0 unspecified atom stereocenters. The molecule has 0 saturated carbocycles. The van der Waals surface area contributed by atoms with Gasteiger partial charge in [-0.1, -0.05) is 12.1 Å². The fourth-order valence-corrected chi connectivity index (χ4v) is 1.92. The minimum atomic E-state index is -0.480. The van der Waals surface area contributed by atoms with Crippen LogP contribution < -0.4 is 9.64 Å². The van der Waals surface area contributed by atoms with E-state index in [2.05, 4.69) is 0 Å². The van der Waals surface area contributed by atoms with E-state index in [4.69, 9.17) is 4.74 Å². The highest BCUT2D eigenvalue weighted by atomic mass is 16.6. The lowest BCUT2D eigenvalue weighted by Crippen LogP contribution is -2.26. The number of para-hydroxylation sites is 1. The van der Waals surface area contributed by atoms with E-state index in [1.54, 1.807) is 31.3 Å². The summed E-state index contributed by atoms with van der Waals surface area (Å²) in [5.41, 5.74) is 0.981. The smallest absolute Gasteiger partial charge is 0.269 e. The third-order valence-corrected chi connectivity index (χ3v) is 3.09. The predicted molar refractivity (Wildman–Crippen MR) is 78.8 cm³/mol. The highest BCUT2D eigenvalue weighted by molar-refractivity contribution is 6.07. The molecule has 108 valence electrons. The van der Waals surface area contributed by atoms with Crippen molar-refractivity contribution in [1.29, 1.82) is 0 Å². The number of non-ortho nitro benzene ring substituents is 1. The molecular formula is C15H14N2O4. The molecular weight excluding hydrogens is 272 g/mol. The van der Waals surface area contributed by atoms with Crippen LogP contribution in [-0.4, -0.2) is 25.0 Å². The van der Waals surface area contributed by atoms with E-state index < -0.39 is 4.92 Å². The van der Waals surface area contributed by atoms with Crippen LogP contribution in [0.4, 0.5) is 11.4 Å². The lowest BCUT2D eigenvalue weighted by atomic mass is 10.1. The number of nitro benzene ring substituents is 1. The maximum absolute atomic E-state index is 12.5. The number of nitro groups is 1. The van der Waals surface area contributed by atoms with Gasteiger partial charge in [0.1, 0.15) is 5.75 Å². The van der Waals surface area contributed by atoms with Crippen molar-refractivity contribution in [3.63, 3.8) is 0 Å². The zero-order chi connectivity index (χ0) is 15.4. The third kappa shape index (κ3) is 3.00. The second-order valence-electron chi connectivity index (χ2n) is 4.34. The Balaban J connectivity index is 2.28. The SMILES string of the molecule is COc1ccccc1C(=O)N(C)c1ccc([N+](=O)[O-])cc1. The zero-order valence-electron chi connectivity index (χ0n) is 11.6. The van der Waals surface area contributed by atoms with Gasteiger partial charge in [-0.05, 0) is 24.3 Å². The molecule has 6 nitrogen and oxygen atoms in total. The number of methoxy groups -OCH3 is 1. The van der Waals surface area contributed by atoms with Crippen molar-refractivity contribution in [3.8, 4) is 5.75 Å². The Bertz CT molecular complexity index is 668. The summed E-state index contributed by atoms with van der Waals surface area (Å²) in [6.45, 7) is 0. The molecule has 0 aromatic heterocycles. The molecule has 0 saturated heterocycles. The van der Waals surface area contributed by atoms with Gasteiger partial charge in [-0.25, -0.2) is 0 Å². The number of nitrogens with zero attached hydrogens (tertiary/aromatic N) is 2. The largest absolute Gasteiger partial charge is 0.496 e. The lowest BCUT2D eigenvalue weighted by Gasteiger charge is -2.18. The molecule has 2 aromatic rings. The third-order valence-electron chi connectivity index (χ3n) is 3.09. The van der Waals surface area contributed by atoms with Gasteiger partial charge in [-0.3, -0.25) is 14.9 Å². The Labute approximate surface area is 121 Å². The summed E-state index contributed by atoms with van der Waals surface area (Å²) in [7, 11) is 3.11. The molecule has 6 heteroatoms. The Hall–Kier alpha value is -2.89. The highest BCUT2D eigenvalue weighted by Crippen LogP contribution is 2.23. The van der Waals surface area contributed by atoms with Crippen LogP contribution in [0.1, 0.15) is 10.4 Å². The topological polar surface area (TPSA) is 72.7 Å². The summed E-state index contributed by atoms with van der Waals surface area (Å²) in [5, 5.41) is 10.6. The summed E-state index contributed by atoms with van der Waals surface area (Å²) in [6, 6.07) is 12.7. The summed E-state index contributed by atoms with van der Waals surface area (Å²) in [6.07, 6.45) is 0. The fourth-order valence-electron chi connectivity index (χ4n) is 1.92. The van der Waals surface area contributed by atoms with Gasteiger partial charge >= 0.3 is 0 Å². The molecule has 0 N–H and O–H groups in total. The fraction of sp³-hybridized carbons (Fsp3) is 0.133. The summed E-state index contributed by atoms with van der Waals surface area (Å²) < 4.78 is 5.17. The van der Waals surface area contributed by atoms with E-state index in [-0.39, 0.29) is 11.6 Å². The first kappa shape index (κ1) is 14.5. The van der Waals surface area contributed by atoms with E-state index >= 15 is 0 Å². The first-order chi connectivity index (χ1) is 10.0. The Morgan fingerprint density at radius 3 is 2.33 bits per heavy atom. The molecule has 2 aromatic carbocycles. The van der Waals surface area contributed by atoms with Gasteiger partial charge < -0.3 is 9.64 Å². The van der Waals surface area contributed by atoms with E-state index in [1.165, 1.54) is 36.3 Å².